The molecule has 1 spiro atoms. The topological polar surface area (TPSA) is 47.0 Å². The van der Waals surface area contributed by atoms with Gasteiger partial charge in [-0.05, 0) is 64.7 Å². The van der Waals surface area contributed by atoms with Gasteiger partial charge in [0.15, 0.2) is 0 Å². The molecule has 3 fully saturated rings. The van der Waals surface area contributed by atoms with Gasteiger partial charge in [-0.1, -0.05) is 0 Å². The molecule has 0 aromatic rings. The van der Waals surface area contributed by atoms with Crippen molar-refractivity contribution < 1.29 is 9.90 Å². The van der Waals surface area contributed by atoms with Crippen molar-refractivity contribution in [3.05, 3.63) is 0 Å². The Balaban J connectivity index is 1.46. The summed E-state index contributed by atoms with van der Waals surface area (Å²) < 4.78 is 0. The molecule has 5 nitrogen and oxygen atoms in total. The number of rotatable bonds is 1. The standard InChI is InChI=1S/C19H35N3O2/c1-18(2,3)22-14-12-20(13-15-22)16-4-6-19(7-5-16)8-10-21(11-9-19)17(23)24/h16H,4-15H2,1-3H3,(H,23,24). The number of amides is 1. The maximum absolute atomic E-state index is 11.1. The normalized spacial score (nSPS) is 27.5. The van der Waals surface area contributed by atoms with Crippen molar-refractivity contribution in [2.24, 2.45) is 5.41 Å². The average molecular weight is 338 g/mol. The van der Waals surface area contributed by atoms with Gasteiger partial charge in [0.2, 0.25) is 0 Å². The molecule has 0 atom stereocenters. The lowest BCUT2D eigenvalue weighted by molar-refractivity contribution is 0.00276. The highest BCUT2D eigenvalue weighted by molar-refractivity contribution is 5.65. The van der Waals surface area contributed by atoms with E-state index < -0.39 is 6.09 Å². The first-order chi connectivity index (χ1) is 11.3. The Morgan fingerprint density at radius 2 is 1.46 bits per heavy atom. The van der Waals surface area contributed by atoms with Crippen molar-refractivity contribution in [2.75, 3.05) is 39.3 Å². The number of carbonyl (C=O) groups is 1. The highest BCUT2D eigenvalue weighted by atomic mass is 16.4. The van der Waals surface area contributed by atoms with Gasteiger partial charge in [-0.3, -0.25) is 9.80 Å². The number of hydrogen-bond donors (Lipinski definition) is 1. The van der Waals surface area contributed by atoms with E-state index in [0.717, 1.165) is 32.0 Å². The molecule has 1 aliphatic carbocycles. The number of hydrogen-bond acceptors (Lipinski definition) is 3. The summed E-state index contributed by atoms with van der Waals surface area (Å²) in [6.07, 6.45) is 6.61. The second-order valence-electron chi connectivity index (χ2n) is 9.19. The fourth-order valence-electron chi connectivity index (χ4n) is 5.01. The van der Waals surface area contributed by atoms with E-state index in [-0.39, 0.29) is 0 Å². The summed E-state index contributed by atoms with van der Waals surface area (Å²) >= 11 is 0. The molecule has 0 aromatic carbocycles. The third-order valence-corrected chi connectivity index (χ3v) is 6.89. The predicted octanol–water partition coefficient (Wildman–Crippen LogP) is 3.11. The summed E-state index contributed by atoms with van der Waals surface area (Å²) in [5, 5.41) is 9.13. The number of nitrogens with zero attached hydrogens (tertiary/aromatic N) is 3. The third-order valence-electron chi connectivity index (χ3n) is 6.89. The molecule has 1 saturated carbocycles. The molecule has 1 N–H and O–H groups in total. The molecule has 0 aromatic heterocycles. The van der Waals surface area contributed by atoms with Crippen molar-refractivity contribution in [1.29, 1.82) is 0 Å². The molecule has 0 bridgehead atoms. The van der Waals surface area contributed by atoms with Gasteiger partial charge in [-0.2, -0.15) is 0 Å². The fourth-order valence-corrected chi connectivity index (χ4v) is 5.01. The molecule has 2 heterocycles. The van der Waals surface area contributed by atoms with Gasteiger partial charge in [0, 0.05) is 50.8 Å². The van der Waals surface area contributed by atoms with E-state index in [1.807, 2.05) is 0 Å². The van der Waals surface area contributed by atoms with Gasteiger partial charge < -0.3 is 10.0 Å². The second-order valence-corrected chi connectivity index (χ2v) is 9.19. The minimum Gasteiger partial charge on any atom is -0.465 e. The Labute approximate surface area is 147 Å². The van der Waals surface area contributed by atoms with Crippen molar-refractivity contribution in [3.8, 4) is 0 Å². The number of likely N-dealkylation sites (tertiary alicyclic amines) is 1. The summed E-state index contributed by atoms with van der Waals surface area (Å²) in [6.45, 7) is 13.2. The van der Waals surface area contributed by atoms with E-state index in [2.05, 4.69) is 30.6 Å². The first-order valence-electron chi connectivity index (χ1n) is 9.76. The molecule has 3 rings (SSSR count). The lowest BCUT2D eigenvalue weighted by atomic mass is 9.66. The molecule has 1 amide bonds. The van der Waals surface area contributed by atoms with Gasteiger partial charge in [-0.15, -0.1) is 0 Å². The van der Waals surface area contributed by atoms with E-state index in [9.17, 15) is 4.79 Å². The van der Waals surface area contributed by atoms with Gasteiger partial charge in [0.1, 0.15) is 0 Å². The summed E-state index contributed by atoms with van der Waals surface area (Å²) in [7, 11) is 0. The van der Waals surface area contributed by atoms with Crippen molar-refractivity contribution >= 4 is 6.09 Å². The first kappa shape index (κ1) is 18.0. The molecular weight excluding hydrogens is 302 g/mol. The fraction of sp³-hybridized carbons (Fsp3) is 0.947. The van der Waals surface area contributed by atoms with Crippen LogP contribution in [-0.2, 0) is 0 Å². The molecule has 3 aliphatic rings. The third kappa shape index (κ3) is 3.88. The maximum Gasteiger partial charge on any atom is 0.407 e. The number of piperazine rings is 1. The minimum absolute atomic E-state index is 0.292. The molecule has 2 aliphatic heterocycles. The van der Waals surface area contributed by atoms with Gasteiger partial charge in [0.05, 0.1) is 0 Å². The number of carboxylic acid groups (broad SMARTS) is 1. The molecule has 2 saturated heterocycles. The molecule has 138 valence electrons. The summed E-state index contributed by atoms with van der Waals surface area (Å²) in [5.41, 5.74) is 0.733. The van der Waals surface area contributed by atoms with E-state index in [1.165, 1.54) is 51.9 Å². The van der Waals surface area contributed by atoms with E-state index >= 15 is 0 Å². The van der Waals surface area contributed by atoms with Crippen LogP contribution >= 0.6 is 0 Å². The maximum atomic E-state index is 11.1. The van der Waals surface area contributed by atoms with E-state index in [0.29, 0.717) is 11.0 Å². The van der Waals surface area contributed by atoms with Crippen molar-refractivity contribution in [1.82, 2.24) is 14.7 Å². The Morgan fingerprint density at radius 3 is 1.92 bits per heavy atom. The molecule has 24 heavy (non-hydrogen) atoms. The first-order valence-corrected chi connectivity index (χ1v) is 9.76. The summed E-state index contributed by atoms with van der Waals surface area (Å²) in [5.74, 6) is 0. The monoisotopic (exact) mass is 337 g/mol. The Morgan fingerprint density at radius 1 is 0.917 bits per heavy atom. The van der Waals surface area contributed by atoms with Crippen LogP contribution in [0.2, 0.25) is 0 Å². The van der Waals surface area contributed by atoms with Crippen LogP contribution in [0.15, 0.2) is 0 Å². The molecule has 5 heteroatoms. The van der Waals surface area contributed by atoms with Gasteiger partial charge >= 0.3 is 6.09 Å². The minimum atomic E-state index is -0.741. The highest BCUT2D eigenvalue weighted by Gasteiger charge is 2.40. The van der Waals surface area contributed by atoms with Crippen LogP contribution in [0, 0.1) is 5.41 Å². The van der Waals surface area contributed by atoms with Crippen LogP contribution in [0.5, 0.6) is 0 Å². The second kappa shape index (κ2) is 6.83. The van der Waals surface area contributed by atoms with Crippen molar-refractivity contribution in [2.45, 2.75) is 70.9 Å². The smallest absolute Gasteiger partial charge is 0.407 e. The van der Waals surface area contributed by atoms with Crippen molar-refractivity contribution in [3.63, 3.8) is 0 Å². The lowest BCUT2D eigenvalue weighted by Gasteiger charge is -2.49. The van der Waals surface area contributed by atoms with Gasteiger partial charge in [-0.25, -0.2) is 4.79 Å². The molecule has 0 unspecified atom stereocenters. The molecular formula is C19H35N3O2. The van der Waals surface area contributed by atoms with E-state index in [4.69, 9.17) is 5.11 Å². The zero-order valence-electron chi connectivity index (χ0n) is 15.8. The Kier molecular flexibility index (Phi) is 5.12. The predicted molar refractivity (Wildman–Crippen MR) is 96.4 cm³/mol. The quantitative estimate of drug-likeness (QED) is 0.799. The summed E-state index contributed by atoms with van der Waals surface area (Å²) in [6, 6.07) is 0.759. The molecule has 0 radical (unpaired) electrons. The van der Waals surface area contributed by atoms with Crippen LogP contribution in [0.4, 0.5) is 4.79 Å². The van der Waals surface area contributed by atoms with Crippen LogP contribution < -0.4 is 0 Å². The number of piperidine rings is 1. The Bertz CT molecular complexity index is 434. The van der Waals surface area contributed by atoms with Crippen LogP contribution in [0.3, 0.4) is 0 Å². The zero-order chi connectivity index (χ0) is 17.4. The van der Waals surface area contributed by atoms with Gasteiger partial charge in [0.25, 0.3) is 0 Å². The highest BCUT2D eigenvalue weighted by Crippen LogP contribution is 2.45. The average Bonchev–Trinajstić information content (AvgIpc) is 2.55. The largest absolute Gasteiger partial charge is 0.465 e. The van der Waals surface area contributed by atoms with Crippen LogP contribution in [-0.4, -0.2) is 76.7 Å². The SMILES string of the molecule is CC(C)(C)N1CCN(C2CCC3(CC2)CCN(C(=O)O)CC3)CC1. The Hall–Kier alpha value is -0.810. The van der Waals surface area contributed by atoms with E-state index in [1.54, 1.807) is 4.90 Å². The summed E-state index contributed by atoms with van der Waals surface area (Å²) in [4.78, 5) is 18.0. The zero-order valence-corrected chi connectivity index (χ0v) is 15.8. The lowest BCUT2D eigenvalue weighted by Crippen LogP contribution is -2.56. The van der Waals surface area contributed by atoms with Crippen LogP contribution in [0.1, 0.15) is 59.3 Å². The van der Waals surface area contributed by atoms with Crippen LogP contribution in [0.25, 0.3) is 0 Å².